The molecule has 0 bridgehead atoms. The largest absolute Gasteiger partial charge is 0.379 e. The molecular formula is C16H22ClN3O3. The smallest absolute Gasteiger partial charge is 0.226 e. The average Bonchev–Trinajstić information content (AvgIpc) is 2.50. The minimum Gasteiger partial charge on any atom is -0.379 e. The molecule has 1 fully saturated rings. The Kier molecular flexibility index (Phi) is 6.83. The molecule has 2 rings (SSSR count). The number of rotatable bonds is 6. The Bertz CT molecular complexity index is 560. The molecule has 126 valence electrons. The lowest BCUT2D eigenvalue weighted by molar-refractivity contribution is -0.119. The first-order valence-corrected chi connectivity index (χ1v) is 8.05. The molecule has 0 saturated carbocycles. The first kappa shape index (κ1) is 17.7. The number of hydrogen-bond donors (Lipinski definition) is 2. The maximum atomic E-state index is 11.8. The van der Waals surface area contributed by atoms with Crippen molar-refractivity contribution in [3.05, 3.63) is 28.8 Å². The Hall–Kier alpha value is -1.63. The van der Waals surface area contributed by atoms with Gasteiger partial charge < -0.3 is 15.4 Å². The van der Waals surface area contributed by atoms with Gasteiger partial charge in [0.2, 0.25) is 11.8 Å². The van der Waals surface area contributed by atoms with Crippen LogP contribution >= 0.6 is 11.6 Å². The van der Waals surface area contributed by atoms with Crippen LogP contribution in [-0.4, -0.2) is 49.6 Å². The predicted octanol–water partition coefficient (Wildman–Crippen LogP) is 1.64. The monoisotopic (exact) mass is 339 g/mol. The van der Waals surface area contributed by atoms with Gasteiger partial charge in [-0.15, -0.1) is 0 Å². The zero-order valence-electron chi connectivity index (χ0n) is 13.2. The molecule has 0 unspecified atom stereocenters. The van der Waals surface area contributed by atoms with Gasteiger partial charge in [0.15, 0.2) is 0 Å². The van der Waals surface area contributed by atoms with Crippen molar-refractivity contribution in [1.29, 1.82) is 0 Å². The van der Waals surface area contributed by atoms with Crippen LogP contribution in [0.2, 0.25) is 5.02 Å². The van der Waals surface area contributed by atoms with E-state index < -0.39 is 0 Å². The summed E-state index contributed by atoms with van der Waals surface area (Å²) in [5.41, 5.74) is 1.69. The van der Waals surface area contributed by atoms with Crippen molar-refractivity contribution in [2.24, 2.45) is 0 Å². The lowest BCUT2D eigenvalue weighted by atomic mass is 10.2. The molecule has 1 heterocycles. The minimum absolute atomic E-state index is 0.145. The van der Waals surface area contributed by atoms with Crippen molar-refractivity contribution in [3.8, 4) is 0 Å². The van der Waals surface area contributed by atoms with Gasteiger partial charge in [-0.05, 0) is 17.7 Å². The summed E-state index contributed by atoms with van der Waals surface area (Å²) in [4.78, 5) is 24.8. The van der Waals surface area contributed by atoms with Gasteiger partial charge in [-0.1, -0.05) is 17.7 Å². The molecule has 6 nitrogen and oxygen atoms in total. The number of carbonyl (C=O) groups excluding carboxylic acids is 2. The summed E-state index contributed by atoms with van der Waals surface area (Å²) >= 11 is 6.31. The molecule has 0 aromatic heterocycles. The third-order valence-corrected chi connectivity index (χ3v) is 3.91. The number of carbonyl (C=O) groups is 2. The predicted molar refractivity (Wildman–Crippen MR) is 89.5 cm³/mol. The van der Waals surface area contributed by atoms with E-state index >= 15 is 0 Å². The molecule has 2 N–H and O–H groups in total. The summed E-state index contributed by atoms with van der Waals surface area (Å²) in [5.74, 6) is -0.302. The van der Waals surface area contributed by atoms with E-state index in [0.717, 1.165) is 38.4 Å². The highest BCUT2D eigenvalue weighted by Gasteiger charge is 2.13. The van der Waals surface area contributed by atoms with Crippen LogP contribution in [0.5, 0.6) is 0 Å². The van der Waals surface area contributed by atoms with Crippen molar-refractivity contribution in [1.82, 2.24) is 10.2 Å². The maximum Gasteiger partial charge on any atom is 0.226 e. The zero-order chi connectivity index (χ0) is 16.7. The second-order valence-corrected chi connectivity index (χ2v) is 5.88. The van der Waals surface area contributed by atoms with E-state index in [2.05, 4.69) is 15.5 Å². The summed E-state index contributed by atoms with van der Waals surface area (Å²) < 4.78 is 5.33. The van der Waals surface area contributed by atoms with E-state index in [1.165, 1.54) is 6.92 Å². The standard InChI is InChI=1S/C16H22ClN3O3/c1-12(21)18-5-4-16(22)19-14-3-2-13(15(17)10-14)11-20-6-8-23-9-7-20/h2-3,10H,4-9,11H2,1H3,(H,18,21)(H,19,22). The molecule has 1 aliphatic rings. The summed E-state index contributed by atoms with van der Waals surface area (Å²) in [6.07, 6.45) is 0.229. The number of nitrogens with one attached hydrogen (secondary N) is 2. The van der Waals surface area contributed by atoms with Crippen molar-refractivity contribution in [3.63, 3.8) is 0 Å². The van der Waals surface area contributed by atoms with Gasteiger partial charge in [-0.25, -0.2) is 0 Å². The number of morpholine rings is 1. The maximum absolute atomic E-state index is 11.8. The quantitative estimate of drug-likeness (QED) is 0.826. The summed E-state index contributed by atoms with van der Waals surface area (Å²) in [6, 6.07) is 5.53. The fourth-order valence-electron chi connectivity index (χ4n) is 2.33. The molecule has 0 spiro atoms. The second-order valence-electron chi connectivity index (χ2n) is 5.48. The van der Waals surface area contributed by atoms with Crippen molar-refractivity contribution >= 4 is 29.1 Å². The normalized spacial score (nSPS) is 15.2. The lowest BCUT2D eigenvalue weighted by Gasteiger charge is -2.27. The fraction of sp³-hybridized carbons (Fsp3) is 0.500. The van der Waals surface area contributed by atoms with Crippen molar-refractivity contribution in [2.75, 3.05) is 38.2 Å². The Balaban J connectivity index is 1.85. The van der Waals surface area contributed by atoms with Crippen LogP contribution in [0.3, 0.4) is 0 Å². The van der Waals surface area contributed by atoms with Crippen LogP contribution in [0.1, 0.15) is 18.9 Å². The molecule has 23 heavy (non-hydrogen) atoms. The highest BCUT2D eigenvalue weighted by atomic mass is 35.5. The average molecular weight is 340 g/mol. The van der Waals surface area contributed by atoms with E-state index in [0.29, 0.717) is 17.3 Å². The second kappa shape index (κ2) is 8.86. The summed E-state index contributed by atoms with van der Waals surface area (Å²) in [5, 5.41) is 6.00. The van der Waals surface area contributed by atoms with Gasteiger partial charge in [0.05, 0.1) is 13.2 Å². The molecule has 1 saturated heterocycles. The van der Waals surface area contributed by atoms with Gasteiger partial charge in [-0.2, -0.15) is 0 Å². The van der Waals surface area contributed by atoms with E-state index in [4.69, 9.17) is 16.3 Å². The van der Waals surface area contributed by atoms with E-state index in [1.807, 2.05) is 12.1 Å². The van der Waals surface area contributed by atoms with Crippen LogP contribution < -0.4 is 10.6 Å². The molecule has 0 aliphatic carbocycles. The van der Waals surface area contributed by atoms with Gasteiger partial charge in [0.1, 0.15) is 0 Å². The topological polar surface area (TPSA) is 70.7 Å². The minimum atomic E-state index is -0.157. The number of ether oxygens (including phenoxy) is 1. The first-order chi connectivity index (χ1) is 11.0. The number of anilines is 1. The number of benzene rings is 1. The van der Waals surface area contributed by atoms with Crippen LogP contribution in [0.25, 0.3) is 0 Å². The van der Waals surface area contributed by atoms with E-state index in [-0.39, 0.29) is 18.2 Å². The Morgan fingerprint density at radius 1 is 1.30 bits per heavy atom. The summed E-state index contributed by atoms with van der Waals surface area (Å²) in [6.45, 7) is 5.82. The Labute approximate surface area is 141 Å². The highest BCUT2D eigenvalue weighted by molar-refractivity contribution is 6.31. The van der Waals surface area contributed by atoms with E-state index in [9.17, 15) is 9.59 Å². The molecule has 1 aliphatic heterocycles. The van der Waals surface area contributed by atoms with Gasteiger partial charge in [0, 0.05) is 50.2 Å². The van der Waals surface area contributed by atoms with Gasteiger partial charge in [-0.3, -0.25) is 14.5 Å². The zero-order valence-corrected chi connectivity index (χ0v) is 14.0. The molecule has 1 aromatic carbocycles. The Morgan fingerprint density at radius 3 is 2.70 bits per heavy atom. The van der Waals surface area contributed by atoms with Crippen molar-refractivity contribution < 1.29 is 14.3 Å². The van der Waals surface area contributed by atoms with Crippen molar-refractivity contribution in [2.45, 2.75) is 19.9 Å². The first-order valence-electron chi connectivity index (χ1n) is 7.67. The molecule has 1 aromatic rings. The third kappa shape index (κ3) is 6.17. The Morgan fingerprint density at radius 2 is 2.04 bits per heavy atom. The number of nitrogens with zero attached hydrogens (tertiary/aromatic N) is 1. The molecule has 0 radical (unpaired) electrons. The number of hydrogen-bond acceptors (Lipinski definition) is 4. The van der Waals surface area contributed by atoms with Crippen LogP contribution in [0.15, 0.2) is 18.2 Å². The third-order valence-electron chi connectivity index (χ3n) is 3.56. The fourth-order valence-corrected chi connectivity index (χ4v) is 2.57. The van der Waals surface area contributed by atoms with Gasteiger partial charge in [0.25, 0.3) is 0 Å². The molecule has 0 atom stereocenters. The number of amides is 2. The van der Waals surface area contributed by atoms with Gasteiger partial charge >= 0.3 is 0 Å². The van der Waals surface area contributed by atoms with Crippen LogP contribution in [0.4, 0.5) is 5.69 Å². The molecule has 7 heteroatoms. The molecular weight excluding hydrogens is 318 g/mol. The highest BCUT2D eigenvalue weighted by Crippen LogP contribution is 2.22. The van der Waals surface area contributed by atoms with Crippen LogP contribution in [-0.2, 0) is 20.9 Å². The molecule has 2 amide bonds. The summed E-state index contributed by atoms with van der Waals surface area (Å²) in [7, 11) is 0. The van der Waals surface area contributed by atoms with E-state index in [1.54, 1.807) is 6.07 Å². The SMILES string of the molecule is CC(=O)NCCC(=O)Nc1ccc(CN2CCOCC2)c(Cl)c1. The lowest BCUT2D eigenvalue weighted by Crippen LogP contribution is -2.35. The number of halogens is 1. The van der Waals surface area contributed by atoms with Crippen LogP contribution in [0, 0.1) is 0 Å².